The van der Waals surface area contributed by atoms with Crippen LogP contribution in [0.25, 0.3) is 0 Å². The molecule has 282 valence electrons. The van der Waals surface area contributed by atoms with Crippen LogP contribution in [0.1, 0.15) is 45.0 Å². The molecule has 0 saturated heterocycles. The predicted octanol–water partition coefficient (Wildman–Crippen LogP) is 2.57. The predicted molar refractivity (Wildman–Crippen MR) is 208 cm³/mol. The van der Waals surface area contributed by atoms with Crippen molar-refractivity contribution >= 4 is 44.9 Å². The summed E-state index contributed by atoms with van der Waals surface area (Å²) in [6, 6.07) is 23.8. The van der Waals surface area contributed by atoms with Crippen LogP contribution in [0.4, 0.5) is 0 Å². The molecule has 0 fully saturated rings. The zero-order valence-corrected chi connectivity index (χ0v) is 31.1. The van der Waals surface area contributed by atoms with E-state index in [1.807, 2.05) is 41.0 Å². The van der Waals surface area contributed by atoms with Crippen LogP contribution in [-0.4, -0.2) is 71.2 Å². The number of imidazole rings is 1. The van der Waals surface area contributed by atoms with Gasteiger partial charge in [0.05, 0.1) is 23.8 Å². The number of rotatable bonds is 20. The van der Waals surface area contributed by atoms with E-state index in [-0.39, 0.29) is 42.5 Å². The Labute approximate surface area is 318 Å². The number of Topliss-reactive ketones (excluding diaryl/α,β-unsaturated/α-hetero) is 1. The number of carbonyl (C=O) groups is 3. The molecule has 2 heterocycles. The summed E-state index contributed by atoms with van der Waals surface area (Å²) in [5, 5.41) is 7.47. The van der Waals surface area contributed by atoms with E-state index in [4.69, 9.17) is 11.5 Å². The number of nitrogens with two attached hydrogens (primary N) is 2. The number of amides is 2. The van der Waals surface area contributed by atoms with Crippen molar-refractivity contribution in [3.63, 3.8) is 0 Å². The van der Waals surface area contributed by atoms with Crippen LogP contribution < -0.4 is 26.8 Å². The second-order valence-electron chi connectivity index (χ2n) is 12.6. The number of hydrogen-bond acceptors (Lipinski definition) is 9. The van der Waals surface area contributed by atoms with Crippen LogP contribution in [0.3, 0.4) is 0 Å². The van der Waals surface area contributed by atoms with Crippen molar-refractivity contribution < 1.29 is 22.8 Å². The lowest BCUT2D eigenvalue weighted by molar-refractivity contribution is -0.130. The second-order valence-corrected chi connectivity index (χ2v) is 15.3. The molecule has 14 nitrogen and oxygen atoms in total. The van der Waals surface area contributed by atoms with Crippen molar-refractivity contribution in [3.05, 3.63) is 142 Å². The molecule has 0 radical (unpaired) electrons. The van der Waals surface area contributed by atoms with Gasteiger partial charge in [0.2, 0.25) is 27.6 Å². The van der Waals surface area contributed by atoms with Crippen LogP contribution in [0.15, 0.2) is 120 Å². The van der Waals surface area contributed by atoms with Crippen molar-refractivity contribution in [3.8, 4) is 0 Å². The van der Waals surface area contributed by atoms with Gasteiger partial charge in [0, 0.05) is 37.3 Å². The molecule has 7 N–H and O–H groups in total. The molecule has 2 aromatic heterocycles. The van der Waals surface area contributed by atoms with Gasteiger partial charge in [0.25, 0.3) is 0 Å². The average molecular weight is 770 g/mol. The Morgan fingerprint density at radius 3 is 2.02 bits per heavy atom. The number of nitrogens with one attached hydrogen (secondary N) is 3. The molecule has 0 aliphatic heterocycles. The second kappa shape index (κ2) is 19.4. The molecule has 0 saturated carbocycles. The van der Waals surface area contributed by atoms with E-state index in [2.05, 4.69) is 30.3 Å². The number of sulfonamides is 1. The normalized spacial score (nSPS) is 13.0. The fourth-order valence-electron chi connectivity index (χ4n) is 5.71. The third kappa shape index (κ3) is 12.5. The van der Waals surface area contributed by atoms with Gasteiger partial charge in [-0.2, -0.15) is 0 Å². The van der Waals surface area contributed by atoms with Crippen molar-refractivity contribution in [1.82, 2.24) is 29.9 Å². The van der Waals surface area contributed by atoms with Gasteiger partial charge in [-0.1, -0.05) is 91.0 Å². The number of benzene rings is 3. The topological polar surface area (TPSA) is 217 Å². The summed E-state index contributed by atoms with van der Waals surface area (Å²) >= 11 is 1.14. The minimum Gasteiger partial charge on any atom is -0.370 e. The molecular formula is C38H43N9O5S2. The first-order chi connectivity index (χ1) is 26.0. The maximum absolute atomic E-state index is 14.2. The highest BCUT2D eigenvalue weighted by Crippen LogP contribution is 2.14. The Bertz CT molecular complexity index is 2090. The summed E-state index contributed by atoms with van der Waals surface area (Å²) in [6.07, 6.45) is 5.41. The van der Waals surface area contributed by atoms with Gasteiger partial charge in [0.15, 0.2) is 11.0 Å². The highest BCUT2D eigenvalue weighted by atomic mass is 32.2. The number of aromatic nitrogens is 3. The first kappa shape index (κ1) is 39.5. The zero-order valence-electron chi connectivity index (χ0n) is 29.5. The fraction of sp³-hybridized carbons (Fsp3) is 0.263. The van der Waals surface area contributed by atoms with Crippen LogP contribution in [0.2, 0.25) is 0 Å². The first-order valence-corrected chi connectivity index (χ1v) is 19.8. The van der Waals surface area contributed by atoms with Crippen molar-refractivity contribution in [2.24, 2.45) is 16.5 Å². The van der Waals surface area contributed by atoms with Crippen LogP contribution in [0.5, 0.6) is 0 Å². The number of thiazole rings is 1. The van der Waals surface area contributed by atoms with E-state index >= 15 is 0 Å². The van der Waals surface area contributed by atoms with Crippen molar-refractivity contribution in [2.75, 3.05) is 6.54 Å². The number of hydrogen-bond donors (Lipinski definition) is 5. The molecule has 3 aromatic carbocycles. The van der Waals surface area contributed by atoms with Gasteiger partial charge >= 0.3 is 0 Å². The molecule has 16 heteroatoms. The number of carbonyl (C=O) groups excluding carboxylic acids is 3. The molecule has 54 heavy (non-hydrogen) atoms. The van der Waals surface area contributed by atoms with Crippen molar-refractivity contribution in [1.29, 1.82) is 0 Å². The SMILES string of the molecule is NC(N)=NCCC[C@H](NC(=O)[C@H](Cc1cn(Cc2ccccc2)cn1)NC(=O)[C@@H](Cc1ccccc1)NS(=O)(=O)Cc1ccccc1)C(=O)c1nccs1. The van der Waals surface area contributed by atoms with Crippen LogP contribution in [-0.2, 0) is 44.8 Å². The van der Waals surface area contributed by atoms with E-state index in [0.717, 1.165) is 16.9 Å². The molecule has 0 spiro atoms. The summed E-state index contributed by atoms with van der Waals surface area (Å²) in [5.74, 6) is -2.25. The van der Waals surface area contributed by atoms with E-state index in [9.17, 15) is 22.8 Å². The Morgan fingerprint density at radius 2 is 1.39 bits per heavy atom. The molecule has 5 aromatic rings. The number of aliphatic imine (C=N–C) groups is 1. The van der Waals surface area contributed by atoms with Crippen LogP contribution in [0, 0.1) is 0 Å². The average Bonchev–Trinajstić information content (AvgIpc) is 3.86. The smallest absolute Gasteiger partial charge is 0.243 e. The molecule has 0 unspecified atom stereocenters. The summed E-state index contributed by atoms with van der Waals surface area (Å²) in [6.45, 7) is 0.753. The zero-order chi connectivity index (χ0) is 38.3. The Kier molecular flexibility index (Phi) is 14.2. The highest BCUT2D eigenvalue weighted by Gasteiger charge is 2.32. The van der Waals surface area contributed by atoms with Gasteiger partial charge in [-0.15, -0.1) is 11.3 Å². The minimum atomic E-state index is -4.02. The molecule has 0 aliphatic rings. The number of nitrogens with zero attached hydrogens (tertiary/aromatic N) is 4. The largest absolute Gasteiger partial charge is 0.370 e. The fourth-order valence-corrected chi connectivity index (χ4v) is 7.68. The first-order valence-electron chi connectivity index (χ1n) is 17.3. The summed E-state index contributed by atoms with van der Waals surface area (Å²) < 4.78 is 31.3. The van der Waals surface area contributed by atoms with Gasteiger partial charge < -0.3 is 26.7 Å². The standard InChI is InChI=1S/C38H43N9O5S2/c39-38(40)42-18-10-17-31(34(48)37-41-19-20-53-37)44-35(49)32(22-30-24-47(26-43-30)23-28-13-6-2-7-14-28)45-36(50)33(21-27-11-4-1-5-12-27)46-54(51,52)25-29-15-8-3-9-16-29/h1-9,11-16,19-20,24,26,31-33,46H,10,17-18,21-23,25H2,(H,44,49)(H,45,50)(H4,39,40,42)/t31-,32-,33+/m0/s1. The van der Waals surface area contributed by atoms with Gasteiger partial charge in [-0.3, -0.25) is 19.4 Å². The molecule has 3 atom stereocenters. The monoisotopic (exact) mass is 769 g/mol. The van der Waals surface area contributed by atoms with E-state index in [1.165, 1.54) is 6.20 Å². The number of guanidine groups is 1. The lowest BCUT2D eigenvalue weighted by atomic mass is 10.0. The van der Waals surface area contributed by atoms with Gasteiger partial charge in [-0.25, -0.2) is 23.1 Å². The van der Waals surface area contributed by atoms with Gasteiger partial charge in [-0.05, 0) is 36.0 Å². The minimum absolute atomic E-state index is 0.0106. The molecule has 0 aliphatic carbocycles. The third-order valence-electron chi connectivity index (χ3n) is 8.28. The number of ketones is 1. The lowest BCUT2D eigenvalue weighted by Gasteiger charge is -2.25. The van der Waals surface area contributed by atoms with E-state index < -0.39 is 45.7 Å². The lowest BCUT2D eigenvalue weighted by Crippen LogP contribution is -2.57. The van der Waals surface area contributed by atoms with Gasteiger partial charge in [0.1, 0.15) is 12.1 Å². The Hall–Kier alpha value is -5.71. The van der Waals surface area contributed by atoms with Crippen molar-refractivity contribution in [2.45, 2.75) is 56.1 Å². The molecule has 2 amide bonds. The molecule has 0 bridgehead atoms. The molecular weight excluding hydrogens is 727 g/mol. The van der Waals surface area contributed by atoms with Crippen LogP contribution >= 0.6 is 11.3 Å². The summed E-state index contributed by atoms with van der Waals surface area (Å²) in [4.78, 5) is 54.5. The molecule has 5 rings (SSSR count). The summed E-state index contributed by atoms with van der Waals surface area (Å²) in [7, 11) is -4.02. The quantitative estimate of drug-likeness (QED) is 0.0340. The highest BCUT2D eigenvalue weighted by molar-refractivity contribution is 7.88. The Balaban J connectivity index is 1.41. The van der Waals surface area contributed by atoms with E-state index in [1.54, 1.807) is 72.5 Å². The maximum Gasteiger partial charge on any atom is 0.243 e. The van der Waals surface area contributed by atoms with E-state index in [0.29, 0.717) is 29.8 Å². The maximum atomic E-state index is 14.2. The summed E-state index contributed by atoms with van der Waals surface area (Å²) in [5.41, 5.74) is 13.7. The Morgan fingerprint density at radius 1 is 0.778 bits per heavy atom. The third-order valence-corrected chi connectivity index (χ3v) is 10.4.